The van der Waals surface area contributed by atoms with Crippen LogP contribution in [0.15, 0.2) is 42.5 Å². The van der Waals surface area contributed by atoms with E-state index in [0.29, 0.717) is 49.5 Å². The van der Waals surface area contributed by atoms with Crippen molar-refractivity contribution < 1.29 is 17.9 Å². The lowest BCUT2D eigenvalue weighted by Crippen LogP contribution is -2.35. The molecule has 0 bridgehead atoms. The summed E-state index contributed by atoms with van der Waals surface area (Å²) in [5.74, 6) is 1.71. The molecule has 170 valence electrons. The Hall–Kier alpha value is -2.58. The molecule has 2 heterocycles. The van der Waals surface area contributed by atoms with Gasteiger partial charge in [-0.1, -0.05) is 23.8 Å². The molecule has 2 aromatic carbocycles. The maximum atomic E-state index is 13.0. The number of rotatable bonds is 6. The second-order valence-electron chi connectivity index (χ2n) is 9.31. The summed E-state index contributed by atoms with van der Waals surface area (Å²) in [6.45, 7) is 6.32. The highest BCUT2D eigenvalue weighted by Crippen LogP contribution is 2.45. The van der Waals surface area contributed by atoms with Gasteiger partial charge in [0.05, 0.1) is 12.2 Å². The average Bonchev–Trinajstić information content (AvgIpc) is 3.12. The van der Waals surface area contributed by atoms with Crippen LogP contribution in [0.5, 0.6) is 5.75 Å². The highest BCUT2D eigenvalue weighted by molar-refractivity contribution is 7.90. The normalized spacial score (nSPS) is 24.9. The molecule has 5 rings (SSSR count). The van der Waals surface area contributed by atoms with Gasteiger partial charge in [0.2, 0.25) is 0 Å². The Bertz CT molecular complexity index is 1140. The SMILES string of the molecule is Cc1ccc(C)c(C(=O)N2CC[C@H](Oc3cccc(NS(=O)(=O)N4CC5CC5C4)c3)C2)c1. The van der Waals surface area contributed by atoms with Crippen molar-refractivity contribution in [1.29, 1.82) is 0 Å². The number of likely N-dealkylation sites (tertiary alicyclic amines) is 1. The van der Waals surface area contributed by atoms with Crippen LogP contribution in [-0.4, -0.2) is 55.8 Å². The van der Waals surface area contributed by atoms with Crippen LogP contribution in [0, 0.1) is 25.7 Å². The number of carbonyl (C=O) groups excluding carboxylic acids is 1. The van der Waals surface area contributed by atoms with Crippen LogP contribution < -0.4 is 9.46 Å². The average molecular weight is 456 g/mol. The fourth-order valence-electron chi connectivity index (χ4n) is 4.74. The summed E-state index contributed by atoms with van der Waals surface area (Å²) < 4.78 is 35.6. The minimum atomic E-state index is -3.54. The summed E-state index contributed by atoms with van der Waals surface area (Å²) in [6, 6.07) is 13.0. The quantitative estimate of drug-likeness (QED) is 0.726. The summed E-state index contributed by atoms with van der Waals surface area (Å²) in [5.41, 5.74) is 3.27. The van der Waals surface area contributed by atoms with Crippen LogP contribution in [-0.2, 0) is 10.2 Å². The molecule has 0 aromatic heterocycles. The number of nitrogens with zero attached hydrogens (tertiary/aromatic N) is 2. The molecule has 3 fully saturated rings. The number of benzene rings is 2. The molecule has 2 unspecified atom stereocenters. The van der Waals surface area contributed by atoms with E-state index in [-0.39, 0.29) is 12.0 Å². The molecule has 2 saturated heterocycles. The number of carbonyl (C=O) groups is 1. The maximum absolute atomic E-state index is 13.0. The van der Waals surface area contributed by atoms with E-state index in [2.05, 4.69) is 4.72 Å². The predicted octanol–water partition coefficient (Wildman–Crippen LogP) is 3.21. The van der Waals surface area contributed by atoms with E-state index in [1.807, 2.05) is 43.0 Å². The zero-order valence-electron chi connectivity index (χ0n) is 18.5. The zero-order chi connectivity index (χ0) is 22.5. The fraction of sp³-hybridized carbons (Fsp3) is 0.458. The second-order valence-corrected chi connectivity index (χ2v) is 11.0. The molecule has 7 nitrogen and oxygen atoms in total. The summed E-state index contributed by atoms with van der Waals surface area (Å²) in [5, 5.41) is 0. The third-order valence-electron chi connectivity index (χ3n) is 6.72. The van der Waals surface area contributed by atoms with Crippen LogP contribution in [0.1, 0.15) is 34.3 Å². The number of ether oxygens (including phenoxy) is 1. The van der Waals surface area contributed by atoms with Crippen LogP contribution in [0.25, 0.3) is 0 Å². The van der Waals surface area contributed by atoms with Crippen molar-refractivity contribution in [3.8, 4) is 5.75 Å². The summed E-state index contributed by atoms with van der Waals surface area (Å²) in [7, 11) is -3.54. The van der Waals surface area contributed by atoms with Crippen molar-refractivity contribution >= 4 is 21.8 Å². The number of nitrogens with one attached hydrogen (secondary N) is 1. The molecule has 0 radical (unpaired) electrons. The third kappa shape index (κ3) is 4.34. The predicted molar refractivity (Wildman–Crippen MR) is 123 cm³/mol. The third-order valence-corrected chi connectivity index (χ3v) is 8.20. The maximum Gasteiger partial charge on any atom is 0.301 e. The van der Waals surface area contributed by atoms with E-state index >= 15 is 0 Å². The lowest BCUT2D eigenvalue weighted by Gasteiger charge is -2.20. The van der Waals surface area contributed by atoms with Crippen molar-refractivity contribution in [2.24, 2.45) is 11.8 Å². The number of hydrogen-bond donors (Lipinski definition) is 1. The number of aryl methyl sites for hydroxylation is 2. The van der Waals surface area contributed by atoms with E-state index in [1.54, 1.807) is 18.2 Å². The van der Waals surface area contributed by atoms with Gasteiger partial charge in [-0.3, -0.25) is 9.52 Å². The molecule has 1 saturated carbocycles. The lowest BCUT2D eigenvalue weighted by molar-refractivity contribution is 0.0771. The van der Waals surface area contributed by atoms with Gasteiger partial charge in [-0.2, -0.15) is 12.7 Å². The largest absolute Gasteiger partial charge is 0.488 e. The monoisotopic (exact) mass is 455 g/mol. The molecule has 3 aliphatic rings. The Morgan fingerprint density at radius 1 is 1.06 bits per heavy atom. The number of hydrogen-bond acceptors (Lipinski definition) is 4. The molecular weight excluding hydrogens is 426 g/mol. The van der Waals surface area contributed by atoms with E-state index in [1.165, 1.54) is 4.31 Å². The van der Waals surface area contributed by atoms with Crippen molar-refractivity contribution in [3.63, 3.8) is 0 Å². The number of fused-ring (bicyclic) bond motifs is 1. The van der Waals surface area contributed by atoms with Gasteiger partial charge in [0.1, 0.15) is 11.9 Å². The Morgan fingerprint density at radius 3 is 2.62 bits per heavy atom. The van der Waals surface area contributed by atoms with E-state index in [4.69, 9.17) is 4.74 Å². The molecular formula is C24H29N3O4S. The second kappa shape index (κ2) is 8.08. The highest BCUT2D eigenvalue weighted by atomic mass is 32.2. The molecule has 1 aliphatic carbocycles. The minimum Gasteiger partial charge on any atom is -0.488 e. The van der Waals surface area contributed by atoms with E-state index in [9.17, 15) is 13.2 Å². The van der Waals surface area contributed by atoms with Gasteiger partial charge in [-0.25, -0.2) is 0 Å². The first-order chi connectivity index (χ1) is 15.3. The molecule has 2 aromatic rings. The molecule has 2 aliphatic heterocycles. The molecule has 32 heavy (non-hydrogen) atoms. The van der Waals surface area contributed by atoms with Gasteiger partial charge < -0.3 is 9.64 Å². The minimum absolute atomic E-state index is 0.0301. The van der Waals surface area contributed by atoms with Gasteiger partial charge >= 0.3 is 10.2 Å². The van der Waals surface area contributed by atoms with Gasteiger partial charge in [-0.05, 0) is 55.9 Å². The standard InChI is InChI=1S/C24H29N3O4S/c1-16-6-7-17(2)23(10-16)24(28)26-9-8-22(15-26)31-21-5-3-4-20(12-21)25-32(29,30)27-13-18-11-19(18)14-27/h3-7,10,12,18-19,22,25H,8-9,11,13-15H2,1-2H3/t18?,19?,22-/m0/s1. The van der Waals surface area contributed by atoms with Crippen molar-refractivity contribution in [2.75, 3.05) is 30.9 Å². The first kappa shape index (κ1) is 21.3. The van der Waals surface area contributed by atoms with Gasteiger partial charge in [0.25, 0.3) is 5.91 Å². The topological polar surface area (TPSA) is 79.0 Å². The Balaban J connectivity index is 1.21. The highest BCUT2D eigenvalue weighted by Gasteiger charge is 2.48. The van der Waals surface area contributed by atoms with Gasteiger partial charge in [0, 0.05) is 37.7 Å². The Labute approximate surface area is 189 Å². The van der Waals surface area contributed by atoms with Crippen molar-refractivity contribution in [1.82, 2.24) is 9.21 Å². The van der Waals surface area contributed by atoms with Crippen LogP contribution in [0.2, 0.25) is 0 Å². The molecule has 3 atom stereocenters. The smallest absolute Gasteiger partial charge is 0.301 e. The van der Waals surface area contributed by atoms with Crippen molar-refractivity contribution in [2.45, 2.75) is 32.8 Å². The zero-order valence-corrected chi connectivity index (χ0v) is 19.3. The first-order valence-corrected chi connectivity index (χ1v) is 12.6. The van der Waals surface area contributed by atoms with Crippen molar-refractivity contribution in [3.05, 3.63) is 59.2 Å². The molecule has 8 heteroatoms. The summed E-state index contributed by atoms with van der Waals surface area (Å²) >= 11 is 0. The summed E-state index contributed by atoms with van der Waals surface area (Å²) in [6.07, 6.45) is 1.77. The Morgan fingerprint density at radius 2 is 1.84 bits per heavy atom. The molecule has 0 spiro atoms. The molecule has 1 N–H and O–H groups in total. The fourth-order valence-corrected chi connectivity index (χ4v) is 6.07. The first-order valence-electron chi connectivity index (χ1n) is 11.2. The Kier molecular flexibility index (Phi) is 5.37. The van der Waals surface area contributed by atoms with E-state index in [0.717, 1.165) is 29.5 Å². The summed E-state index contributed by atoms with van der Waals surface area (Å²) in [4.78, 5) is 14.8. The van der Waals surface area contributed by atoms with Gasteiger partial charge in [0.15, 0.2) is 0 Å². The van der Waals surface area contributed by atoms with Crippen LogP contribution >= 0.6 is 0 Å². The van der Waals surface area contributed by atoms with Gasteiger partial charge in [-0.15, -0.1) is 0 Å². The number of anilines is 1. The van der Waals surface area contributed by atoms with Crippen LogP contribution in [0.3, 0.4) is 0 Å². The number of piperidine rings is 1. The number of amides is 1. The van der Waals surface area contributed by atoms with E-state index < -0.39 is 10.2 Å². The lowest BCUT2D eigenvalue weighted by atomic mass is 10.0. The van der Waals surface area contributed by atoms with Crippen LogP contribution in [0.4, 0.5) is 5.69 Å². The molecule has 1 amide bonds.